The first-order valence-electron chi connectivity index (χ1n) is 1.92. The largest absolute Gasteiger partial charge is 0.274 e. The van der Waals surface area contributed by atoms with Crippen molar-refractivity contribution in [3.05, 3.63) is 0 Å². The van der Waals surface area contributed by atoms with E-state index in [1.165, 1.54) is 4.31 Å². The highest BCUT2D eigenvalue weighted by molar-refractivity contribution is 7.77. The second kappa shape index (κ2) is 1.32. The maximum absolute atomic E-state index is 11.7. The van der Waals surface area contributed by atoms with E-state index in [4.69, 9.17) is 0 Å². The second-order valence-corrected chi connectivity index (χ2v) is 2.24. The minimum atomic E-state index is -2.46. The van der Waals surface area contributed by atoms with Crippen LogP contribution in [0.5, 0.6) is 0 Å². The van der Waals surface area contributed by atoms with E-state index >= 15 is 0 Å². The molecule has 0 aliphatic carbocycles. The third-order valence-corrected chi connectivity index (χ3v) is 1.11. The summed E-state index contributed by atoms with van der Waals surface area (Å²) in [6.07, 6.45) is 0. The molecular weight excluding hydrogens is 120 g/mol. The quantitative estimate of drug-likeness (QED) is 0.468. The van der Waals surface area contributed by atoms with E-state index in [2.05, 4.69) is 12.8 Å². The van der Waals surface area contributed by atoms with Crippen molar-refractivity contribution in [1.82, 2.24) is 4.31 Å². The fourth-order valence-electron chi connectivity index (χ4n) is 0.488. The van der Waals surface area contributed by atoms with Crippen molar-refractivity contribution in [2.75, 3.05) is 13.1 Å². The molecule has 0 unspecified atom stereocenters. The molecule has 0 spiro atoms. The smallest absolute Gasteiger partial charge is 0.241 e. The predicted molar refractivity (Wildman–Crippen MR) is 25.5 cm³/mol. The van der Waals surface area contributed by atoms with Crippen LogP contribution in [0.4, 0.5) is 8.78 Å². The van der Waals surface area contributed by atoms with E-state index in [0.717, 1.165) is 0 Å². The third-order valence-electron chi connectivity index (χ3n) is 0.828. The van der Waals surface area contributed by atoms with Crippen LogP contribution < -0.4 is 0 Å². The molecule has 1 fully saturated rings. The highest BCUT2D eigenvalue weighted by Crippen LogP contribution is 2.27. The standard InChI is InChI=1S/C3H5F2NS/c4-3(5)1-6(7)2-3/h7H,1-2H2. The van der Waals surface area contributed by atoms with Crippen LogP contribution in [0.3, 0.4) is 0 Å². The van der Waals surface area contributed by atoms with E-state index in [0.29, 0.717) is 0 Å². The normalized spacial score (nSPS) is 29.6. The fraction of sp³-hybridized carbons (Fsp3) is 1.00. The molecule has 4 heteroatoms. The van der Waals surface area contributed by atoms with Crippen molar-refractivity contribution in [2.45, 2.75) is 5.92 Å². The monoisotopic (exact) mass is 125 g/mol. The molecule has 0 atom stereocenters. The molecule has 0 aromatic rings. The van der Waals surface area contributed by atoms with Gasteiger partial charge in [-0.1, -0.05) is 12.8 Å². The molecule has 1 aliphatic heterocycles. The van der Waals surface area contributed by atoms with Crippen molar-refractivity contribution in [2.24, 2.45) is 0 Å². The van der Waals surface area contributed by atoms with Gasteiger partial charge in [0.05, 0.1) is 13.1 Å². The SMILES string of the molecule is FC1(F)CN(S)C1. The van der Waals surface area contributed by atoms with Gasteiger partial charge in [0.25, 0.3) is 5.92 Å². The summed E-state index contributed by atoms with van der Waals surface area (Å²) < 4.78 is 24.7. The Morgan fingerprint density at radius 3 is 1.86 bits per heavy atom. The lowest BCUT2D eigenvalue weighted by molar-refractivity contribution is -0.0895. The lowest BCUT2D eigenvalue weighted by Crippen LogP contribution is -2.51. The number of halogens is 2. The molecule has 0 saturated carbocycles. The van der Waals surface area contributed by atoms with Crippen LogP contribution in [0.2, 0.25) is 0 Å². The molecule has 0 amide bonds. The third kappa shape index (κ3) is 1.04. The summed E-state index contributed by atoms with van der Waals surface area (Å²) in [7, 11) is 0. The summed E-state index contributed by atoms with van der Waals surface area (Å²) in [4.78, 5) is 0. The molecule has 0 aromatic heterocycles. The van der Waals surface area contributed by atoms with E-state index in [1.54, 1.807) is 0 Å². The Morgan fingerprint density at radius 2 is 1.86 bits per heavy atom. The Balaban J connectivity index is 2.29. The zero-order valence-electron chi connectivity index (χ0n) is 3.56. The van der Waals surface area contributed by atoms with Crippen LogP contribution >= 0.6 is 12.8 Å². The topological polar surface area (TPSA) is 3.24 Å². The molecule has 1 aliphatic rings. The molecule has 0 bridgehead atoms. The Bertz CT molecular complexity index is 77.0. The molecular formula is C3H5F2NS. The van der Waals surface area contributed by atoms with Crippen LogP contribution in [-0.2, 0) is 0 Å². The fourth-order valence-corrected chi connectivity index (χ4v) is 0.902. The molecule has 42 valence electrons. The number of hydrogen-bond acceptors (Lipinski definition) is 2. The minimum absolute atomic E-state index is 0.198. The van der Waals surface area contributed by atoms with Crippen molar-refractivity contribution >= 4 is 12.8 Å². The van der Waals surface area contributed by atoms with Gasteiger partial charge < -0.3 is 0 Å². The first-order valence-corrected chi connectivity index (χ1v) is 2.32. The first kappa shape index (κ1) is 5.31. The van der Waals surface area contributed by atoms with Gasteiger partial charge in [0.15, 0.2) is 0 Å². The van der Waals surface area contributed by atoms with Crippen LogP contribution in [0.1, 0.15) is 0 Å². The average Bonchev–Trinajstić information content (AvgIpc) is 1.27. The summed E-state index contributed by atoms with van der Waals surface area (Å²) in [5, 5.41) is 0. The highest BCUT2D eigenvalue weighted by Gasteiger charge is 2.42. The van der Waals surface area contributed by atoms with Gasteiger partial charge in [-0.05, 0) is 0 Å². The van der Waals surface area contributed by atoms with Crippen LogP contribution in [0, 0.1) is 0 Å². The number of hydrogen-bond donors (Lipinski definition) is 1. The molecule has 0 radical (unpaired) electrons. The molecule has 0 N–H and O–H groups in total. The Morgan fingerprint density at radius 1 is 1.43 bits per heavy atom. The van der Waals surface area contributed by atoms with E-state index in [9.17, 15) is 8.78 Å². The number of alkyl halides is 2. The zero-order chi connectivity index (χ0) is 5.49. The molecule has 0 aromatic carbocycles. The predicted octanol–water partition coefficient (Wildman–Crippen LogP) is 0.782. The van der Waals surface area contributed by atoms with Crippen molar-refractivity contribution in [3.63, 3.8) is 0 Å². The number of thiol groups is 1. The van der Waals surface area contributed by atoms with Crippen LogP contribution in [0.15, 0.2) is 0 Å². The maximum atomic E-state index is 11.7. The van der Waals surface area contributed by atoms with Crippen molar-refractivity contribution < 1.29 is 8.78 Å². The van der Waals surface area contributed by atoms with E-state index in [1.807, 2.05) is 0 Å². The highest BCUT2D eigenvalue weighted by atomic mass is 32.1. The molecule has 1 heterocycles. The molecule has 1 nitrogen and oxygen atoms in total. The average molecular weight is 125 g/mol. The number of rotatable bonds is 0. The molecule has 1 saturated heterocycles. The molecule has 7 heavy (non-hydrogen) atoms. The van der Waals surface area contributed by atoms with Gasteiger partial charge in [-0.25, -0.2) is 13.1 Å². The van der Waals surface area contributed by atoms with Gasteiger partial charge in [0, 0.05) is 0 Å². The Hall–Kier alpha value is 0.170. The Labute approximate surface area is 45.8 Å². The van der Waals surface area contributed by atoms with Crippen molar-refractivity contribution in [3.8, 4) is 0 Å². The van der Waals surface area contributed by atoms with Gasteiger partial charge in [0.2, 0.25) is 0 Å². The number of nitrogens with zero attached hydrogens (tertiary/aromatic N) is 1. The minimum Gasteiger partial charge on any atom is -0.241 e. The lowest BCUT2D eigenvalue weighted by atomic mass is 10.2. The van der Waals surface area contributed by atoms with Crippen LogP contribution in [0.25, 0.3) is 0 Å². The van der Waals surface area contributed by atoms with Gasteiger partial charge in [0.1, 0.15) is 0 Å². The second-order valence-electron chi connectivity index (χ2n) is 1.68. The van der Waals surface area contributed by atoms with Gasteiger partial charge >= 0.3 is 0 Å². The first-order chi connectivity index (χ1) is 3.10. The lowest BCUT2D eigenvalue weighted by Gasteiger charge is -2.33. The van der Waals surface area contributed by atoms with E-state index in [-0.39, 0.29) is 13.1 Å². The van der Waals surface area contributed by atoms with Gasteiger partial charge in [-0.15, -0.1) is 0 Å². The van der Waals surface area contributed by atoms with E-state index < -0.39 is 5.92 Å². The summed E-state index contributed by atoms with van der Waals surface area (Å²) in [5.41, 5.74) is 0. The van der Waals surface area contributed by atoms with Crippen molar-refractivity contribution in [1.29, 1.82) is 0 Å². The summed E-state index contributed by atoms with van der Waals surface area (Å²) >= 11 is 3.65. The Kier molecular flexibility index (Phi) is 1.00. The van der Waals surface area contributed by atoms with Gasteiger partial charge in [-0.2, -0.15) is 0 Å². The van der Waals surface area contributed by atoms with Gasteiger partial charge in [-0.3, -0.25) is 0 Å². The van der Waals surface area contributed by atoms with Crippen LogP contribution in [-0.4, -0.2) is 23.3 Å². The summed E-state index contributed by atoms with van der Waals surface area (Å²) in [6, 6.07) is 0. The zero-order valence-corrected chi connectivity index (χ0v) is 4.46. The molecule has 1 rings (SSSR count). The maximum Gasteiger partial charge on any atom is 0.274 e. The summed E-state index contributed by atoms with van der Waals surface area (Å²) in [5.74, 6) is -2.46. The summed E-state index contributed by atoms with van der Waals surface area (Å²) in [6.45, 7) is -0.397.